The van der Waals surface area contributed by atoms with Crippen molar-refractivity contribution in [3.63, 3.8) is 0 Å². The zero-order valence-corrected chi connectivity index (χ0v) is 31.6. The number of hydrogen-bond donors (Lipinski definition) is 9. The summed E-state index contributed by atoms with van der Waals surface area (Å²) in [4.78, 5) is 12.7. The van der Waals surface area contributed by atoms with Crippen molar-refractivity contribution in [3.8, 4) is 0 Å². The molecule has 0 saturated carbocycles. The number of unbranched alkanes of at least 4 members (excludes halogenated alkanes) is 15. The molecule has 2 rings (SSSR count). The number of aliphatic hydroxyl groups excluding tert-OH is 8. The zero-order chi connectivity index (χ0) is 38.3. The molecule has 0 aromatic carbocycles. The van der Waals surface area contributed by atoms with E-state index in [-0.39, 0.29) is 18.9 Å². The van der Waals surface area contributed by atoms with Crippen molar-refractivity contribution in [2.24, 2.45) is 0 Å². The first kappa shape index (κ1) is 46.9. The van der Waals surface area contributed by atoms with Crippen LogP contribution in [0.5, 0.6) is 0 Å². The minimum absolute atomic E-state index is 0.266. The number of amides is 1. The summed E-state index contributed by atoms with van der Waals surface area (Å²) in [5, 5.41) is 85.6. The van der Waals surface area contributed by atoms with Crippen LogP contribution in [-0.4, -0.2) is 140 Å². The molecule has 0 bridgehead atoms. The molecular formula is C38H71NO13. The predicted octanol–water partition coefficient (Wildman–Crippen LogP) is 2.09. The first-order valence-corrected chi connectivity index (χ1v) is 19.9. The third kappa shape index (κ3) is 16.6. The molecule has 12 unspecified atom stereocenters. The lowest BCUT2D eigenvalue weighted by Crippen LogP contribution is -2.65. The Bertz CT molecular complexity index is 941. The maximum atomic E-state index is 12.7. The van der Waals surface area contributed by atoms with Crippen molar-refractivity contribution in [3.05, 3.63) is 12.2 Å². The van der Waals surface area contributed by atoms with Crippen LogP contribution in [0, 0.1) is 0 Å². The summed E-state index contributed by atoms with van der Waals surface area (Å²) in [5.74, 6) is -0.266. The highest BCUT2D eigenvalue weighted by molar-refractivity contribution is 5.76. The van der Waals surface area contributed by atoms with Crippen molar-refractivity contribution < 1.29 is 64.6 Å². The average Bonchev–Trinajstić information content (AvgIpc) is 3.14. The van der Waals surface area contributed by atoms with Gasteiger partial charge in [0.25, 0.3) is 0 Å². The largest absolute Gasteiger partial charge is 0.394 e. The Labute approximate surface area is 310 Å². The van der Waals surface area contributed by atoms with Crippen LogP contribution in [0.15, 0.2) is 12.2 Å². The lowest BCUT2D eigenvalue weighted by Gasteiger charge is -2.46. The molecule has 2 aliphatic heterocycles. The highest BCUT2D eigenvalue weighted by Gasteiger charge is 2.50. The predicted molar refractivity (Wildman–Crippen MR) is 194 cm³/mol. The summed E-state index contributed by atoms with van der Waals surface area (Å²) in [6, 6.07) is -0.902. The van der Waals surface area contributed by atoms with Gasteiger partial charge in [-0.15, -0.1) is 0 Å². The summed E-state index contributed by atoms with van der Waals surface area (Å²) < 4.78 is 22.4. The van der Waals surface area contributed by atoms with Gasteiger partial charge in [-0.3, -0.25) is 4.79 Å². The summed E-state index contributed by atoms with van der Waals surface area (Å²) in [6.07, 6.45) is 6.54. The molecule has 12 atom stereocenters. The van der Waals surface area contributed by atoms with Gasteiger partial charge in [-0.05, 0) is 19.3 Å². The van der Waals surface area contributed by atoms with Gasteiger partial charge in [0.15, 0.2) is 12.6 Å². The maximum Gasteiger partial charge on any atom is 0.220 e. The third-order valence-electron chi connectivity index (χ3n) is 9.97. The molecule has 52 heavy (non-hydrogen) atoms. The Kier molecular flexibility index (Phi) is 24.6. The lowest BCUT2D eigenvalue weighted by molar-refractivity contribution is -0.359. The van der Waals surface area contributed by atoms with E-state index in [1.54, 1.807) is 6.08 Å². The smallest absolute Gasteiger partial charge is 0.220 e. The molecule has 306 valence electrons. The van der Waals surface area contributed by atoms with E-state index in [1.165, 1.54) is 70.6 Å². The average molecular weight is 750 g/mol. The van der Waals surface area contributed by atoms with Crippen LogP contribution >= 0.6 is 0 Å². The maximum absolute atomic E-state index is 12.7. The van der Waals surface area contributed by atoms with Gasteiger partial charge < -0.3 is 65.1 Å². The normalized spacial score (nSPS) is 30.8. The molecule has 0 aromatic rings. The fourth-order valence-electron chi connectivity index (χ4n) is 6.58. The second-order valence-corrected chi connectivity index (χ2v) is 14.4. The van der Waals surface area contributed by atoms with E-state index in [9.17, 15) is 45.6 Å². The number of ether oxygens (including phenoxy) is 4. The standard InChI is InChI=1S/C38H71NO13/c1-3-5-7-8-9-10-11-12-13-14-15-16-17-18-20-21-27(42)26(39-30(43)22-19-6-4-2)25-49-37-35(48)33(46)36(29(24-41)51-37)52-38-34(47)32(45)31(44)28(23-40)50-38/h20-21,26-29,31-38,40-42,44-48H,3-19,22-25H2,1-2H3,(H,39,43)/b21-20+. The van der Waals surface area contributed by atoms with Crippen LogP contribution in [0.3, 0.4) is 0 Å². The van der Waals surface area contributed by atoms with Crippen molar-refractivity contribution in [2.75, 3.05) is 19.8 Å². The van der Waals surface area contributed by atoms with Crippen LogP contribution in [0.4, 0.5) is 0 Å². The van der Waals surface area contributed by atoms with Gasteiger partial charge in [-0.1, -0.05) is 116 Å². The van der Waals surface area contributed by atoms with Gasteiger partial charge in [0, 0.05) is 6.42 Å². The second-order valence-electron chi connectivity index (χ2n) is 14.4. The van der Waals surface area contributed by atoms with Crippen LogP contribution in [0.2, 0.25) is 0 Å². The fourth-order valence-corrected chi connectivity index (χ4v) is 6.58. The van der Waals surface area contributed by atoms with Crippen molar-refractivity contribution >= 4 is 5.91 Å². The number of rotatable bonds is 28. The van der Waals surface area contributed by atoms with Crippen LogP contribution in [0.25, 0.3) is 0 Å². The van der Waals surface area contributed by atoms with E-state index in [4.69, 9.17) is 18.9 Å². The number of carbonyl (C=O) groups is 1. The van der Waals surface area contributed by atoms with Gasteiger partial charge in [-0.2, -0.15) is 0 Å². The molecule has 2 fully saturated rings. The number of carbonyl (C=O) groups excluding carboxylic acids is 1. The summed E-state index contributed by atoms with van der Waals surface area (Å²) in [6.45, 7) is 2.56. The first-order chi connectivity index (χ1) is 25.1. The molecule has 9 N–H and O–H groups in total. The number of hydrogen-bond acceptors (Lipinski definition) is 13. The Balaban J connectivity index is 1.87. The summed E-state index contributed by atoms with van der Waals surface area (Å²) in [7, 11) is 0. The molecule has 0 aliphatic carbocycles. The highest BCUT2D eigenvalue weighted by Crippen LogP contribution is 2.29. The molecule has 0 spiro atoms. The van der Waals surface area contributed by atoms with Gasteiger partial charge in [0.05, 0.1) is 32.0 Å². The summed E-state index contributed by atoms with van der Waals surface area (Å²) in [5.41, 5.74) is 0. The van der Waals surface area contributed by atoms with Gasteiger partial charge in [-0.25, -0.2) is 0 Å². The minimum Gasteiger partial charge on any atom is -0.394 e. The summed E-state index contributed by atoms with van der Waals surface area (Å²) >= 11 is 0. The van der Waals surface area contributed by atoms with E-state index < -0.39 is 86.8 Å². The quantitative estimate of drug-likeness (QED) is 0.0413. The van der Waals surface area contributed by atoms with E-state index in [2.05, 4.69) is 12.2 Å². The third-order valence-corrected chi connectivity index (χ3v) is 9.97. The minimum atomic E-state index is -1.78. The molecule has 2 heterocycles. The first-order valence-electron chi connectivity index (χ1n) is 19.9. The number of nitrogens with one attached hydrogen (secondary N) is 1. The molecular weight excluding hydrogens is 678 g/mol. The monoisotopic (exact) mass is 749 g/mol. The molecule has 0 aromatic heterocycles. The van der Waals surface area contributed by atoms with E-state index in [0.29, 0.717) is 6.42 Å². The second kappa shape index (κ2) is 27.3. The number of aliphatic hydroxyl groups is 8. The molecule has 2 saturated heterocycles. The van der Waals surface area contributed by atoms with Crippen molar-refractivity contribution in [2.45, 2.75) is 203 Å². The van der Waals surface area contributed by atoms with E-state index in [0.717, 1.165) is 32.1 Å². The molecule has 1 amide bonds. The van der Waals surface area contributed by atoms with Crippen molar-refractivity contribution in [1.82, 2.24) is 5.32 Å². The topological polar surface area (TPSA) is 228 Å². The van der Waals surface area contributed by atoms with E-state index in [1.807, 2.05) is 13.0 Å². The lowest BCUT2D eigenvalue weighted by atomic mass is 9.97. The number of allylic oxidation sites excluding steroid dienone is 1. The van der Waals surface area contributed by atoms with Crippen LogP contribution in [-0.2, 0) is 23.7 Å². The Morgan fingerprint density at radius 2 is 1.19 bits per heavy atom. The molecule has 0 radical (unpaired) electrons. The fraction of sp³-hybridized carbons (Fsp3) is 0.921. The van der Waals surface area contributed by atoms with Gasteiger partial charge in [0.2, 0.25) is 5.91 Å². The van der Waals surface area contributed by atoms with Crippen LogP contribution < -0.4 is 5.32 Å². The Morgan fingerprint density at radius 1 is 0.673 bits per heavy atom. The van der Waals surface area contributed by atoms with E-state index >= 15 is 0 Å². The van der Waals surface area contributed by atoms with Crippen LogP contribution in [0.1, 0.15) is 129 Å². The van der Waals surface area contributed by atoms with Gasteiger partial charge >= 0.3 is 0 Å². The molecule has 14 heteroatoms. The zero-order valence-electron chi connectivity index (χ0n) is 31.6. The van der Waals surface area contributed by atoms with Gasteiger partial charge in [0.1, 0.15) is 48.8 Å². The highest BCUT2D eigenvalue weighted by atomic mass is 16.7. The Hall–Kier alpha value is -1.27. The molecule has 14 nitrogen and oxygen atoms in total. The molecule has 2 aliphatic rings. The SMILES string of the molecule is CCCCCCCCCCCCCCC/C=C/C(O)C(COC1OC(CO)C(OC2OC(CO)C(O)C(O)C2O)C(O)C1O)NC(=O)CCCCC. The Morgan fingerprint density at radius 3 is 1.77 bits per heavy atom. The van der Waals surface area contributed by atoms with Crippen molar-refractivity contribution in [1.29, 1.82) is 0 Å².